The van der Waals surface area contributed by atoms with Crippen LogP contribution in [-0.2, 0) is 9.59 Å². The first-order chi connectivity index (χ1) is 11.5. The van der Waals surface area contributed by atoms with Crippen molar-refractivity contribution in [1.82, 2.24) is 15.1 Å². The van der Waals surface area contributed by atoms with Crippen molar-refractivity contribution < 1.29 is 9.59 Å². The second kappa shape index (κ2) is 7.05. The van der Waals surface area contributed by atoms with Gasteiger partial charge < -0.3 is 10.6 Å². The van der Waals surface area contributed by atoms with Crippen molar-refractivity contribution in [2.45, 2.75) is 32.2 Å². The Balaban J connectivity index is 1.60. The zero-order chi connectivity index (χ0) is 17.1. The first-order valence-corrected chi connectivity index (χ1v) is 8.33. The lowest BCUT2D eigenvalue weighted by Crippen LogP contribution is -2.45. The van der Waals surface area contributed by atoms with Crippen LogP contribution in [0.4, 0.5) is 5.69 Å². The number of aromatic nitrogens is 2. The average molecular weight is 347 g/mol. The van der Waals surface area contributed by atoms with Crippen LogP contribution < -0.4 is 10.6 Å². The molecule has 1 heterocycles. The molecule has 0 spiro atoms. The fraction of sp³-hybridized carbons (Fsp3) is 0.353. The lowest BCUT2D eigenvalue weighted by molar-refractivity contribution is -0.130. The van der Waals surface area contributed by atoms with Crippen molar-refractivity contribution in [1.29, 1.82) is 0 Å². The number of rotatable bonds is 5. The highest BCUT2D eigenvalue weighted by atomic mass is 35.5. The Morgan fingerprint density at radius 1 is 1.33 bits per heavy atom. The SMILES string of the molecule is C[C@H](NC(=O)C1CCC1)C(=O)Nc1cnn(-c2ccccc2Cl)c1. The number of amides is 2. The third-order valence-corrected chi connectivity index (χ3v) is 4.50. The molecule has 0 bridgehead atoms. The van der Waals surface area contributed by atoms with Crippen LogP contribution in [0.5, 0.6) is 0 Å². The first-order valence-electron chi connectivity index (χ1n) is 7.95. The van der Waals surface area contributed by atoms with E-state index in [-0.39, 0.29) is 17.7 Å². The number of anilines is 1. The molecule has 1 saturated carbocycles. The number of para-hydroxylation sites is 1. The number of benzene rings is 1. The Labute approximate surface area is 145 Å². The van der Waals surface area contributed by atoms with E-state index in [0.717, 1.165) is 24.9 Å². The number of halogens is 1. The van der Waals surface area contributed by atoms with Crippen LogP contribution in [0, 0.1) is 5.92 Å². The molecule has 2 N–H and O–H groups in total. The lowest BCUT2D eigenvalue weighted by atomic mass is 9.84. The van der Waals surface area contributed by atoms with Gasteiger partial charge in [0.15, 0.2) is 0 Å². The molecule has 7 heteroatoms. The highest BCUT2D eigenvalue weighted by molar-refractivity contribution is 6.32. The monoisotopic (exact) mass is 346 g/mol. The molecule has 0 radical (unpaired) electrons. The minimum Gasteiger partial charge on any atom is -0.344 e. The quantitative estimate of drug-likeness (QED) is 0.874. The van der Waals surface area contributed by atoms with Gasteiger partial charge in [-0.25, -0.2) is 4.68 Å². The molecule has 1 aliphatic rings. The van der Waals surface area contributed by atoms with Crippen LogP contribution in [0.2, 0.25) is 5.02 Å². The van der Waals surface area contributed by atoms with Gasteiger partial charge in [0.1, 0.15) is 6.04 Å². The van der Waals surface area contributed by atoms with E-state index < -0.39 is 6.04 Å². The number of nitrogens with zero attached hydrogens (tertiary/aromatic N) is 2. The van der Waals surface area contributed by atoms with E-state index in [9.17, 15) is 9.59 Å². The Morgan fingerprint density at radius 3 is 2.75 bits per heavy atom. The Morgan fingerprint density at radius 2 is 2.08 bits per heavy atom. The van der Waals surface area contributed by atoms with Crippen molar-refractivity contribution in [3.63, 3.8) is 0 Å². The molecule has 24 heavy (non-hydrogen) atoms. The van der Waals surface area contributed by atoms with Crippen LogP contribution >= 0.6 is 11.6 Å². The summed E-state index contributed by atoms with van der Waals surface area (Å²) >= 11 is 6.13. The number of hydrogen-bond donors (Lipinski definition) is 2. The second-order valence-electron chi connectivity index (χ2n) is 5.97. The van der Waals surface area contributed by atoms with Crippen LogP contribution in [0.15, 0.2) is 36.7 Å². The molecular weight excluding hydrogens is 328 g/mol. The van der Waals surface area contributed by atoms with Crippen LogP contribution in [-0.4, -0.2) is 27.6 Å². The minimum atomic E-state index is -0.596. The van der Waals surface area contributed by atoms with Gasteiger partial charge in [-0.15, -0.1) is 0 Å². The summed E-state index contributed by atoms with van der Waals surface area (Å²) in [5.74, 6) is -0.264. The number of hydrogen-bond acceptors (Lipinski definition) is 3. The molecule has 1 aromatic carbocycles. The van der Waals surface area contributed by atoms with Crippen LogP contribution in [0.3, 0.4) is 0 Å². The Bertz CT molecular complexity index is 755. The summed E-state index contributed by atoms with van der Waals surface area (Å²) in [4.78, 5) is 24.1. The molecule has 0 unspecified atom stereocenters. The summed E-state index contributed by atoms with van der Waals surface area (Å²) in [6.45, 7) is 1.67. The maximum Gasteiger partial charge on any atom is 0.246 e. The van der Waals surface area contributed by atoms with E-state index in [4.69, 9.17) is 11.6 Å². The maximum atomic E-state index is 12.2. The fourth-order valence-electron chi connectivity index (χ4n) is 2.47. The molecule has 3 rings (SSSR count). The van der Waals surface area contributed by atoms with Gasteiger partial charge in [-0.2, -0.15) is 5.10 Å². The molecule has 1 aromatic heterocycles. The van der Waals surface area contributed by atoms with E-state index in [1.807, 2.05) is 18.2 Å². The van der Waals surface area contributed by atoms with E-state index in [1.54, 1.807) is 30.1 Å². The average Bonchev–Trinajstić information content (AvgIpc) is 2.94. The molecule has 1 aliphatic carbocycles. The summed E-state index contributed by atoms with van der Waals surface area (Å²) in [7, 11) is 0. The zero-order valence-electron chi connectivity index (χ0n) is 13.3. The van der Waals surface area contributed by atoms with Gasteiger partial charge in [0, 0.05) is 5.92 Å². The fourth-order valence-corrected chi connectivity index (χ4v) is 2.70. The van der Waals surface area contributed by atoms with E-state index in [2.05, 4.69) is 15.7 Å². The van der Waals surface area contributed by atoms with Crippen molar-refractivity contribution >= 4 is 29.1 Å². The largest absolute Gasteiger partial charge is 0.344 e. The van der Waals surface area contributed by atoms with Gasteiger partial charge >= 0.3 is 0 Å². The third kappa shape index (κ3) is 3.59. The zero-order valence-corrected chi connectivity index (χ0v) is 14.1. The summed E-state index contributed by atoms with van der Waals surface area (Å²) in [6, 6.07) is 6.71. The van der Waals surface area contributed by atoms with Gasteiger partial charge in [-0.05, 0) is 31.9 Å². The highest BCUT2D eigenvalue weighted by Crippen LogP contribution is 2.26. The van der Waals surface area contributed by atoms with Crippen molar-refractivity contribution in [2.24, 2.45) is 5.92 Å². The van der Waals surface area contributed by atoms with Gasteiger partial charge in [-0.1, -0.05) is 30.2 Å². The molecule has 2 amide bonds. The predicted octanol–water partition coefficient (Wildman–Crippen LogP) is 2.77. The standard InChI is InChI=1S/C17H19ClN4O2/c1-11(20-17(24)12-5-4-6-12)16(23)21-13-9-19-22(10-13)15-8-3-2-7-14(15)18/h2-3,7-12H,4-6H2,1H3,(H,20,24)(H,21,23)/t11-/m0/s1. The summed E-state index contributed by atoms with van der Waals surface area (Å²) in [5.41, 5.74) is 1.27. The van der Waals surface area contributed by atoms with E-state index in [0.29, 0.717) is 10.7 Å². The molecule has 0 saturated heterocycles. The smallest absolute Gasteiger partial charge is 0.246 e. The highest BCUT2D eigenvalue weighted by Gasteiger charge is 2.27. The van der Waals surface area contributed by atoms with Crippen molar-refractivity contribution in [3.05, 3.63) is 41.7 Å². The normalized spacial score (nSPS) is 15.4. The molecular formula is C17H19ClN4O2. The second-order valence-corrected chi connectivity index (χ2v) is 6.38. The molecule has 2 aromatic rings. The minimum absolute atomic E-state index is 0.0457. The van der Waals surface area contributed by atoms with Crippen molar-refractivity contribution in [2.75, 3.05) is 5.32 Å². The van der Waals surface area contributed by atoms with Gasteiger partial charge in [0.05, 0.1) is 28.8 Å². The van der Waals surface area contributed by atoms with Crippen molar-refractivity contribution in [3.8, 4) is 5.69 Å². The van der Waals surface area contributed by atoms with Gasteiger partial charge in [0.25, 0.3) is 0 Å². The Hall–Kier alpha value is -2.34. The number of carbonyl (C=O) groups excluding carboxylic acids is 2. The molecule has 0 aliphatic heterocycles. The van der Waals surface area contributed by atoms with Gasteiger partial charge in [-0.3, -0.25) is 9.59 Å². The van der Waals surface area contributed by atoms with Crippen LogP contribution in [0.25, 0.3) is 5.69 Å². The topological polar surface area (TPSA) is 76.0 Å². The maximum absolute atomic E-state index is 12.2. The van der Waals surface area contributed by atoms with Gasteiger partial charge in [0.2, 0.25) is 11.8 Å². The Kier molecular flexibility index (Phi) is 4.85. The molecule has 1 atom stereocenters. The molecule has 6 nitrogen and oxygen atoms in total. The summed E-state index contributed by atoms with van der Waals surface area (Å²) in [5, 5.41) is 10.3. The summed E-state index contributed by atoms with van der Waals surface area (Å²) < 4.78 is 1.59. The van der Waals surface area contributed by atoms with E-state index in [1.165, 1.54) is 0 Å². The molecule has 126 valence electrons. The first kappa shape index (κ1) is 16.5. The summed E-state index contributed by atoms with van der Waals surface area (Å²) in [6.07, 6.45) is 6.12. The van der Waals surface area contributed by atoms with Crippen LogP contribution in [0.1, 0.15) is 26.2 Å². The number of nitrogens with one attached hydrogen (secondary N) is 2. The van der Waals surface area contributed by atoms with E-state index >= 15 is 0 Å². The lowest BCUT2D eigenvalue weighted by Gasteiger charge is -2.25. The predicted molar refractivity (Wildman–Crippen MR) is 92.1 cm³/mol. The third-order valence-electron chi connectivity index (χ3n) is 4.18. The number of carbonyl (C=O) groups is 2. The molecule has 1 fully saturated rings.